The van der Waals surface area contributed by atoms with Crippen molar-refractivity contribution >= 4 is 32.4 Å². The van der Waals surface area contributed by atoms with Crippen LogP contribution in [0.1, 0.15) is 0 Å². The molecule has 0 radical (unpaired) electrons. The SMILES string of the molecule is O=[N+]([O-])c1c(O)c(O)c(Br)c2ccncc12. The van der Waals surface area contributed by atoms with E-state index in [1.54, 1.807) is 0 Å². The molecule has 6 nitrogen and oxygen atoms in total. The van der Waals surface area contributed by atoms with Gasteiger partial charge in [0.05, 0.1) is 14.8 Å². The third kappa shape index (κ3) is 1.36. The van der Waals surface area contributed by atoms with Gasteiger partial charge < -0.3 is 10.2 Å². The van der Waals surface area contributed by atoms with Crippen molar-refractivity contribution < 1.29 is 15.1 Å². The number of nitro benzene ring substituents is 1. The largest absolute Gasteiger partial charge is 0.503 e. The van der Waals surface area contributed by atoms with Crippen LogP contribution in [0, 0.1) is 10.1 Å². The first kappa shape index (κ1) is 10.6. The smallest absolute Gasteiger partial charge is 0.324 e. The fourth-order valence-electron chi connectivity index (χ4n) is 1.43. The van der Waals surface area contributed by atoms with Gasteiger partial charge in [-0.15, -0.1) is 0 Å². The molecule has 1 heterocycles. The maximum atomic E-state index is 10.8. The number of fused-ring (bicyclic) bond motifs is 1. The van der Waals surface area contributed by atoms with Gasteiger partial charge in [0.1, 0.15) is 0 Å². The van der Waals surface area contributed by atoms with Crippen LogP contribution in [0.2, 0.25) is 0 Å². The van der Waals surface area contributed by atoms with Gasteiger partial charge in [-0.25, -0.2) is 0 Å². The van der Waals surface area contributed by atoms with Gasteiger partial charge in [0, 0.05) is 17.8 Å². The van der Waals surface area contributed by atoms with Gasteiger partial charge in [0.15, 0.2) is 5.75 Å². The molecule has 0 fully saturated rings. The minimum atomic E-state index is -0.766. The van der Waals surface area contributed by atoms with Crippen molar-refractivity contribution in [3.63, 3.8) is 0 Å². The Morgan fingerprint density at radius 3 is 2.62 bits per heavy atom. The van der Waals surface area contributed by atoms with Crippen LogP contribution in [0.25, 0.3) is 10.8 Å². The molecular weight excluding hydrogens is 280 g/mol. The number of hydrogen-bond acceptors (Lipinski definition) is 5. The van der Waals surface area contributed by atoms with E-state index in [2.05, 4.69) is 20.9 Å². The standard InChI is InChI=1S/C9H5BrN2O4/c10-6-4-1-2-11-3-5(4)7(12(15)16)9(14)8(6)13/h1-3,13-14H. The lowest BCUT2D eigenvalue weighted by Gasteiger charge is -2.06. The molecule has 1 aromatic heterocycles. The summed E-state index contributed by atoms with van der Waals surface area (Å²) < 4.78 is 0.202. The van der Waals surface area contributed by atoms with E-state index in [1.807, 2.05) is 0 Å². The molecule has 0 saturated carbocycles. The summed E-state index contributed by atoms with van der Waals surface area (Å²) in [7, 11) is 0. The summed E-state index contributed by atoms with van der Waals surface area (Å²) in [5.74, 6) is -1.32. The highest BCUT2D eigenvalue weighted by Gasteiger charge is 2.25. The van der Waals surface area contributed by atoms with Gasteiger partial charge in [-0.1, -0.05) is 0 Å². The van der Waals surface area contributed by atoms with E-state index >= 15 is 0 Å². The predicted molar refractivity (Wildman–Crippen MR) is 59.4 cm³/mol. The van der Waals surface area contributed by atoms with Crippen molar-refractivity contribution in [3.05, 3.63) is 33.0 Å². The number of nitro groups is 1. The molecule has 1 aromatic carbocycles. The molecule has 2 N–H and O–H groups in total. The summed E-state index contributed by atoms with van der Waals surface area (Å²) >= 11 is 3.05. The molecule has 7 heteroatoms. The van der Waals surface area contributed by atoms with Crippen LogP contribution >= 0.6 is 15.9 Å². The maximum absolute atomic E-state index is 10.8. The van der Waals surface area contributed by atoms with Crippen LogP contribution in [0.15, 0.2) is 22.9 Å². The van der Waals surface area contributed by atoms with Crippen LogP contribution in [-0.4, -0.2) is 20.1 Å². The summed E-state index contributed by atoms with van der Waals surface area (Å²) in [6, 6.07) is 1.51. The number of pyridine rings is 1. The predicted octanol–water partition coefficient (Wildman–Crippen LogP) is 2.32. The van der Waals surface area contributed by atoms with Gasteiger partial charge in [0.2, 0.25) is 5.75 Å². The highest BCUT2D eigenvalue weighted by Crippen LogP contribution is 2.46. The molecular formula is C9H5BrN2O4. The molecule has 0 unspecified atom stereocenters. The van der Waals surface area contributed by atoms with Crippen molar-refractivity contribution in [2.24, 2.45) is 0 Å². The molecule has 0 bridgehead atoms. The van der Waals surface area contributed by atoms with Gasteiger partial charge in [-0.05, 0) is 22.0 Å². The molecule has 0 amide bonds. The number of nitrogens with zero attached hydrogens (tertiary/aromatic N) is 2. The second kappa shape index (κ2) is 3.60. The topological polar surface area (TPSA) is 96.5 Å². The van der Waals surface area contributed by atoms with Crippen LogP contribution in [0.5, 0.6) is 11.5 Å². The summed E-state index contributed by atoms with van der Waals surface area (Å²) in [4.78, 5) is 13.8. The number of aromatic nitrogens is 1. The third-order valence-corrected chi connectivity index (χ3v) is 2.95. The van der Waals surface area contributed by atoms with Gasteiger partial charge in [-0.2, -0.15) is 0 Å². The minimum Gasteiger partial charge on any atom is -0.503 e. The zero-order valence-electron chi connectivity index (χ0n) is 7.72. The van der Waals surface area contributed by atoms with Crippen LogP contribution < -0.4 is 0 Å². The lowest BCUT2D eigenvalue weighted by atomic mass is 10.1. The second-order valence-corrected chi connectivity index (χ2v) is 3.83. The summed E-state index contributed by atoms with van der Waals surface area (Å²) in [5, 5.41) is 30.4. The van der Waals surface area contributed by atoms with Crippen LogP contribution in [-0.2, 0) is 0 Å². The monoisotopic (exact) mass is 284 g/mol. The molecule has 0 aliphatic heterocycles. The number of rotatable bonds is 1. The first-order valence-corrected chi connectivity index (χ1v) is 4.95. The normalized spacial score (nSPS) is 10.6. The van der Waals surface area contributed by atoms with Gasteiger partial charge >= 0.3 is 5.69 Å². The Kier molecular flexibility index (Phi) is 2.39. The number of phenolic OH excluding ortho intramolecular Hbond substituents is 2. The molecule has 0 aliphatic rings. The summed E-state index contributed by atoms with van der Waals surface area (Å²) in [6.07, 6.45) is 2.70. The molecule has 0 aliphatic carbocycles. The van der Waals surface area contributed by atoms with E-state index in [-0.39, 0.29) is 9.86 Å². The van der Waals surface area contributed by atoms with Crippen molar-refractivity contribution in [3.8, 4) is 11.5 Å². The number of hydrogen-bond donors (Lipinski definition) is 2. The van der Waals surface area contributed by atoms with Crippen molar-refractivity contribution in [2.45, 2.75) is 0 Å². The van der Waals surface area contributed by atoms with E-state index in [4.69, 9.17) is 0 Å². The highest BCUT2D eigenvalue weighted by atomic mass is 79.9. The molecule has 2 aromatic rings. The average Bonchev–Trinajstić information content (AvgIpc) is 2.26. The lowest BCUT2D eigenvalue weighted by molar-refractivity contribution is -0.384. The third-order valence-electron chi connectivity index (χ3n) is 2.15. The molecule has 82 valence electrons. The molecule has 2 rings (SSSR count). The Bertz CT molecular complexity index is 600. The van der Waals surface area contributed by atoms with E-state index in [1.165, 1.54) is 18.5 Å². The maximum Gasteiger partial charge on any atom is 0.324 e. The summed E-state index contributed by atoms with van der Waals surface area (Å²) in [6.45, 7) is 0. The highest BCUT2D eigenvalue weighted by molar-refractivity contribution is 9.10. The summed E-state index contributed by atoms with van der Waals surface area (Å²) in [5.41, 5.74) is -0.552. The number of benzene rings is 1. The molecule has 0 saturated heterocycles. The Labute approximate surface area is 97.4 Å². The quantitative estimate of drug-likeness (QED) is 0.476. The first-order chi connectivity index (χ1) is 7.54. The van der Waals surface area contributed by atoms with Crippen molar-refractivity contribution in [1.29, 1.82) is 0 Å². The van der Waals surface area contributed by atoms with E-state index in [0.717, 1.165) is 0 Å². The second-order valence-electron chi connectivity index (χ2n) is 3.04. The Balaban J connectivity index is 3.04. The fourth-order valence-corrected chi connectivity index (χ4v) is 1.96. The Morgan fingerprint density at radius 2 is 2.00 bits per heavy atom. The van der Waals surface area contributed by atoms with E-state index < -0.39 is 22.1 Å². The molecule has 0 atom stereocenters. The Hall–Kier alpha value is -1.89. The van der Waals surface area contributed by atoms with Crippen LogP contribution in [0.3, 0.4) is 0 Å². The van der Waals surface area contributed by atoms with E-state index in [9.17, 15) is 20.3 Å². The van der Waals surface area contributed by atoms with Crippen LogP contribution in [0.4, 0.5) is 5.69 Å². The van der Waals surface area contributed by atoms with Crippen molar-refractivity contribution in [1.82, 2.24) is 4.98 Å². The van der Waals surface area contributed by atoms with Gasteiger partial charge in [0.25, 0.3) is 0 Å². The molecule has 0 spiro atoms. The van der Waals surface area contributed by atoms with Gasteiger partial charge in [-0.3, -0.25) is 15.1 Å². The minimum absolute atomic E-state index is 0.162. The first-order valence-electron chi connectivity index (χ1n) is 4.15. The lowest BCUT2D eigenvalue weighted by Crippen LogP contribution is -1.92. The average molecular weight is 285 g/mol. The number of phenols is 2. The molecule has 16 heavy (non-hydrogen) atoms. The van der Waals surface area contributed by atoms with Crippen molar-refractivity contribution in [2.75, 3.05) is 0 Å². The zero-order chi connectivity index (χ0) is 11.9. The zero-order valence-corrected chi connectivity index (χ0v) is 9.30. The van der Waals surface area contributed by atoms with E-state index in [0.29, 0.717) is 5.39 Å². The fraction of sp³-hybridized carbons (Fsp3) is 0. The number of halogens is 1. The Morgan fingerprint density at radius 1 is 1.31 bits per heavy atom. The number of aromatic hydroxyl groups is 2.